The van der Waals surface area contributed by atoms with Gasteiger partial charge in [-0.25, -0.2) is 9.97 Å². The Morgan fingerprint density at radius 3 is 2.72 bits per heavy atom. The lowest BCUT2D eigenvalue weighted by Gasteiger charge is -2.05. The zero-order valence-corrected chi connectivity index (χ0v) is 9.55. The van der Waals surface area contributed by atoms with Crippen LogP contribution in [0.4, 0.5) is 13.2 Å². The Bertz CT molecular complexity index is 688. The standard InChI is InChI=1S/C11H5F3N2OS/c12-11(13,14)6-2-1-3-7-8(6)16-9(17-7)10-15-4-5-18-10/h1-5H. The third-order valence-corrected chi connectivity index (χ3v) is 3.10. The predicted octanol–water partition coefficient (Wildman–Crippen LogP) is 3.97. The van der Waals surface area contributed by atoms with Crippen molar-refractivity contribution in [2.24, 2.45) is 0 Å². The molecule has 0 amide bonds. The Morgan fingerprint density at radius 1 is 1.22 bits per heavy atom. The molecule has 7 heteroatoms. The molecule has 3 aromatic rings. The molecule has 2 aromatic heterocycles. The molecule has 0 atom stereocenters. The maximum atomic E-state index is 12.8. The summed E-state index contributed by atoms with van der Waals surface area (Å²) in [6, 6.07) is 3.73. The maximum absolute atomic E-state index is 12.8. The summed E-state index contributed by atoms with van der Waals surface area (Å²) >= 11 is 1.26. The number of hydrogen-bond donors (Lipinski definition) is 0. The van der Waals surface area contributed by atoms with Gasteiger partial charge in [0.15, 0.2) is 10.6 Å². The van der Waals surface area contributed by atoms with Crippen LogP contribution < -0.4 is 0 Å². The smallest absolute Gasteiger partial charge is 0.418 e. The van der Waals surface area contributed by atoms with Crippen molar-refractivity contribution in [3.63, 3.8) is 0 Å². The lowest BCUT2D eigenvalue weighted by Crippen LogP contribution is -2.05. The lowest BCUT2D eigenvalue weighted by molar-refractivity contribution is -0.136. The van der Waals surface area contributed by atoms with E-state index in [1.165, 1.54) is 23.5 Å². The number of nitrogens with zero attached hydrogens (tertiary/aromatic N) is 2. The summed E-state index contributed by atoms with van der Waals surface area (Å²) in [4.78, 5) is 7.84. The molecule has 1 aromatic carbocycles. The zero-order chi connectivity index (χ0) is 12.8. The first-order valence-electron chi connectivity index (χ1n) is 4.92. The molecule has 0 saturated heterocycles. The van der Waals surface area contributed by atoms with Crippen LogP contribution in [0, 0.1) is 0 Å². The molecule has 0 fully saturated rings. The van der Waals surface area contributed by atoms with E-state index in [4.69, 9.17) is 4.42 Å². The fourth-order valence-corrected chi connectivity index (χ4v) is 2.16. The Morgan fingerprint density at radius 2 is 2.06 bits per heavy atom. The van der Waals surface area contributed by atoms with Gasteiger partial charge in [0.05, 0.1) is 5.56 Å². The van der Waals surface area contributed by atoms with Gasteiger partial charge in [0.25, 0.3) is 5.89 Å². The van der Waals surface area contributed by atoms with Gasteiger partial charge in [-0.3, -0.25) is 0 Å². The molecule has 0 aliphatic rings. The largest absolute Gasteiger partial charge is 0.434 e. The van der Waals surface area contributed by atoms with Gasteiger partial charge in [-0.1, -0.05) is 6.07 Å². The molecular formula is C11H5F3N2OS. The number of halogens is 3. The van der Waals surface area contributed by atoms with Gasteiger partial charge in [0, 0.05) is 11.6 Å². The van der Waals surface area contributed by atoms with Crippen molar-refractivity contribution >= 4 is 22.4 Å². The molecule has 0 radical (unpaired) electrons. The Kier molecular flexibility index (Phi) is 2.37. The van der Waals surface area contributed by atoms with Crippen molar-refractivity contribution in [2.75, 3.05) is 0 Å². The molecule has 2 heterocycles. The van der Waals surface area contributed by atoms with Crippen LogP contribution in [0.1, 0.15) is 5.56 Å². The van der Waals surface area contributed by atoms with E-state index in [0.717, 1.165) is 6.07 Å². The Balaban J connectivity index is 2.24. The molecule has 0 spiro atoms. The number of benzene rings is 1. The third-order valence-electron chi connectivity index (χ3n) is 2.34. The highest BCUT2D eigenvalue weighted by atomic mass is 32.1. The van der Waals surface area contributed by atoms with Gasteiger partial charge < -0.3 is 4.42 Å². The zero-order valence-electron chi connectivity index (χ0n) is 8.73. The Labute approximate surface area is 103 Å². The van der Waals surface area contributed by atoms with Crippen LogP contribution in [0.25, 0.3) is 22.0 Å². The van der Waals surface area contributed by atoms with Gasteiger partial charge in [-0.05, 0) is 12.1 Å². The van der Waals surface area contributed by atoms with Crippen molar-refractivity contribution in [1.29, 1.82) is 0 Å². The number of oxazole rings is 1. The second kappa shape index (κ2) is 3.81. The monoisotopic (exact) mass is 270 g/mol. The second-order valence-corrected chi connectivity index (χ2v) is 4.40. The molecule has 0 N–H and O–H groups in total. The van der Waals surface area contributed by atoms with Crippen LogP contribution in [-0.2, 0) is 6.18 Å². The predicted molar refractivity (Wildman–Crippen MR) is 60.1 cm³/mol. The van der Waals surface area contributed by atoms with Crippen LogP contribution in [0.2, 0.25) is 0 Å². The van der Waals surface area contributed by atoms with Gasteiger partial charge in [0.2, 0.25) is 0 Å². The molecule has 0 aliphatic heterocycles. The minimum Gasteiger partial charge on any atom is -0.434 e. The number of hydrogen-bond acceptors (Lipinski definition) is 4. The molecular weight excluding hydrogens is 265 g/mol. The summed E-state index contributed by atoms with van der Waals surface area (Å²) in [6.45, 7) is 0. The molecule has 0 bridgehead atoms. The maximum Gasteiger partial charge on any atom is 0.418 e. The minimum absolute atomic E-state index is 0.107. The summed E-state index contributed by atoms with van der Waals surface area (Å²) in [5, 5.41) is 2.16. The van der Waals surface area contributed by atoms with E-state index in [1.807, 2.05) is 0 Å². The van der Waals surface area contributed by atoms with E-state index < -0.39 is 11.7 Å². The van der Waals surface area contributed by atoms with E-state index in [2.05, 4.69) is 9.97 Å². The fraction of sp³-hybridized carbons (Fsp3) is 0.0909. The second-order valence-electron chi connectivity index (χ2n) is 3.51. The SMILES string of the molecule is FC(F)(F)c1cccc2oc(-c3nccs3)nc12. The molecule has 3 nitrogen and oxygen atoms in total. The summed E-state index contributed by atoms with van der Waals surface area (Å²) in [5.74, 6) is 0.108. The number of alkyl halides is 3. The summed E-state index contributed by atoms with van der Waals surface area (Å²) < 4.78 is 43.6. The molecule has 0 aliphatic carbocycles. The first kappa shape index (κ1) is 11.2. The van der Waals surface area contributed by atoms with Crippen molar-refractivity contribution in [3.05, 3.63) is 35.3 Å². The number of para-hydroxylation sites is 1. The van der Waals surface area contributed by atoms with Crippen molar-refractivity contribution < 1.29 is 17.6 Å². The van der Waals surface area contributed by atoms with Gasteiger partial charge >= 0.3 is 6.18 Å². The molecule has 18 heavy (non-hydrogen) atoms. The highest BCUT2D eigenvalue weighted by molar-refractivity contribution is 7.12. The molecule has 0 unspecified atom stereocenters. The molecule has 92 valence electrons. The molecule has 0 saturated carbocycles. The Hall–Kier alpha value is -1.89. The van der Waals surface area contributed by atoms with Crippen LogP contribution in [0.5, 0.6) is 0 Å². The summed E-state index contributed by atoms with van der Waals surface area (Å²) in [5.41, 5.74) is -0.878. The van der Waals surface area contributed by atoms with Crippen molar-refractivity contribution in [2.45, 2.75) is 6.18 Å². The van der Waals surface area contributed by atoms with E-state index in [1.54, 1.807) is 11.6 Å². The van der Waals surface area contributed by atoms with Crippen molar-refractivity contribution in [3.8, 4) is 10.9 Å². The van der Waals surface area contributed by atoms with Crippen LogP contribution >= 0.6 is 11.3 Å². The highest BCUT2D eigenvalue weighted by Crippen LogP contribution is 2.36. The lowest BCUT2D eigenvalue weighted by atomic mass is 10.2. The van der Waals surface area contributed by atoms with Crippen molar-refractivity contribution in [1.82, 2.24) is 9.97 Å². The van der Waals surface area contributed by atoms with E-state index in [9.17, 15) is 13.2 Å². The summed E-state index contributed by atoms with van der Waals surface area (Å²) in [7, 11) is 0. The minimum atomic E-state index is -4.45. The van der Waals surface area contributed by atoms with Crippen LogP contribution in [-0.4, -0.2) is 9.97 Å². The number of rotatable bonds is 1. The van der Waals surface area contributed by atoms with Gasteiger partial charge in [-0.15, -0.1) is 11.3 Å². The average Bonchev–Trinajstić information content (AvgIpc) is 2.95. The quantitative estimate of drug-likeness (QED) is 0.671. The first-order valence-corrected chi connectivity index (χ1v) is 5.80. The third kappa shape index (κ3) is 1.76. The fourth-order valence-electron chi connectivity index (χ4n) is 1.60. The van der Waals surface area contributed by atoms with Gasteiger partial charge in [0.1, 0.15) is 5.52 Å². The molecule has 3 rings (SSSR count). The first-order chi connectivity index (χ1) is 8.55. The topological polar surface area (TPSA) is 38.9 Å². The van der Waals surface area contributed by atoms with Crippen LogP contribution in [0.3, 0.4) is 0 Å². The van der Waals surface area contributed by atoms with E-state index >= 15 is 0 Å². The number of aromatic nitrogens is 2. The average molecular weight is 270 g/mol. The van der Waals surface area contributed by atoms with Crippen LogP contribution in [0.15, 0.2) is 34.2 Å². The summed E-state index contributed by atoms with van der Waals surface area (Å²) in [6.07, 6.45) is -2.91. The number of fused-ring (bicyclic) bond motifs is 1. The van der Waals surface area contributed by atoms with Gasteiger partial charge in [-0.2, -0.15) is 13.2 Å². The normalized spacial score (nSPS) is 12.2. The van der Waals surface area contributed by atoms with E-state index in [0.29, 0.717) is 5.01 Å². The number of thiazole rings is 1. The highest BCUT2D eigenvalue weighted by Gasteiger charge is 2.34. The van der Waals surface area contributed by atoms with E-state index in [-0.39, 0.29) is 17.0 Å².